The fraction of sp³-hybridized carbons (Fsp3) is 0.700. The zero-order valence-corrected chi connectivity index (χ0v) is 12.3. The Balaban J connectivity index is 2.31. The van der Waals surface area contributed by atoms with E-state index in [1.54, 1.807) is 11.8 Å². The first kappa shape index (κ1) is 15.2. The molecule has 0 aliphatic heterocycles. The predicted molar refractivity (Wildman–Crippen MR) is 74.4 cm³/mol. The first-order valence-electron chi connectivity index (χ1n) is 5.49. The van der Waals surface area contributed by atoms with Crippen molar-refractivity contribution in [3.05, 3.63) is 0 Å². The van der Waals surface area contributed by atoms with Gasteiger partial charge in [-0.2, -0.15) is 0 Å². The van der Waals surface area contributed by atoms with Gasteiger partial charge in [-0.1, -0.05) is 23.1 Å². The van der Waals surface area contributed by atoms with Gasteiger partial charge in [-0.3, -0.25) is 4.79 Å². The molecule has 0 amide bonds. The molecule has 6 nitrogen and oxygen atoms in total. The zero-order chi connectivity index (χ0) is 13.8. The average molecular weight is 290 g/mol. The quantitative estimate of drug-likeness (QED) is 0.577. The lowest BCUT2D eigenvalue weighted by molar-refractivity contribution is -0.142. The van der Waals surface area contributed by atoms with E-state index in [9.17, 15) is 4.79 Å². The molecule has 1 rings (SSSR count). The van der Waals surface area contributed by atoms with E-state index in [4.69, 9.17) is 10.8 Å². The summed E-state index contributed by atoms with van der Waals surface area (Å²) in [7, 11) is 3.84. The van der Waals surface area contributed by atoms with Crippen molar-refractivity contribution in [3.63, 3.8) is 0 Å². The van der Waals surface area contributed by atoms with Gasteiger partial charge in [0, 0.05) is 19.8 Å². The van der Waals surface area contributed by atoms with Crippen LogP contribution < -0.4 is 10.6 Å². The third-order valence-electron chi connectivity index (χ3n) is 2.33. The Morgan fingerprint density at radius 2 is 2.22 bits per heavy atom. The molecular formula is C10H18N4O2S2. The number of carboxylic acid groups (broad SMARTS) is 1. The van der Waals surface area contributed by atoms with Gasteiger partial charge in [-0.15, -0.1) is 10.2 Å². The SMILES string of the molecule is CN(C)c1nnc(SCCCC(C)(N)C(=O)O)s1. The number of aliphatic carboxylic acids is 1. The molecule has 1 unspecified atom stereocenters. The number of rotatable bonds is 7. The smallest absolute Gasteiger partial charge is 0.323 e. The minimum Gasteiger partial charge on any atom is -0.480 e. The number of anilines is 1. The molecule has 18 heavy (non-hydrogen) atoms. The number of carbonyl (C=O) groups is 1. The summed E-state index contributed by atoms with van der Waals surface area (Å²) < 4.78 is 0.896. The third kappa shape index (κ3) is 4.43. The summed E-state index contributed by atoms with van der Waals surface area (Å²) in [5.41, 5.74) is 4.50. The summed E-state index contributed by atoms with van der Waals surface area (Å²) in [6, 6.07) is 0. The Bertz CT molecular complexity index is 406. The van der Waals surface area contributed by atoms with Crippen LogP contribution in [-0.4, -0.2) is 46.7 Å². The van der Waals surface area contributed by atoms with Crippen LogP contribution >= 0.6 is 23.1 Å². The van der Waals surface area contributed by atoms with Crippen LogP contribution in [0, 0.1) is 0 Å². The molecule has 0 radical (unpaired) electrons. The van der Waals surface area contributed by atoms with Crippen molar-refractivity contribution in [2.75, 3.05) is 24.7 Å². The van der Waals surface area contributed by atoms with E-state index >= 15 is 0 Å². The molecular weight excluding hydrogens is 272 g/mol. The summed E-state index contributed by atoms with van der Waals surface area (Å²) in [6.45, 7) is 1.54. The molecule has 0 saturated heterocycles. The van der Waals surface area contributed by atoms with Gasteiger partial charge in [0.1, 0.15) is 5.54 Å². The van der Waals surface area contributed by atoms with Crippen LogP contribution in [0.15, 0.2) is 4.34 Å². The van der Waals surface area contributed by atoms with Crippen LogP contribution in [0.5, 0.6) is 0 Å². The number of thioether (sulfide) groups is 1. The van der Waals surface area contributed by atoms with Crippen LogP contribution in [0.2, 0.25) is 0 Å². The van der Waals surface area contributed by atoms with Gasteiger partial charge < -0.3 is 15.7 Å². The van der Waals surface area contributed by atoms with E-state index < -0.39 is 11.5 Å². The molecule has 0 spiro atoms. The molecule has 1 aromatic rings. The summed E-state index contributed by atoms with van der Waals surface area (Å²) in [4.78, 5) is 12.7. The predicted octanol–water partition coefficient (Wildman–Crippen LogP) is 1.28. The maximum absolute atomic E-state index is 10.8. The summed E-state index contributed by atoms with van der Waals surface area (Å²) in [5.74, 6) is -0.166. The van der Waals surface area contributed by atoms with Gasteiger partial charge >= 0.3 is 5.97 Å². The molecule has 1 aromatic heterocycles. The summed E-state index contributed by atoms with van der Waals surface area (Å²) in [5, 5.41) is 17.8. The highest BCUT2D eigenvalue weighted by atomic mass is 32.2. The van der Waals surface area contributed by atoms with E-state index in [-0.39, 0.29) is 0 Å². The minimum atomic E-state index is -1.14. The fourth-order valence-electron chi connectivity index (χ4n) is 1.15. The third-order valence-corrected chi connectivity index (χ3v) is 4.64. The highest BCUT2D eigenvalue weighted by Gasteiger charge is 2.26. The van der Waals surface area contributed by atoms with Crippen molar-refractivity contribution in [1.29, 1.82) is 0 Å². The summed E-state index contributed by atoms with van der Waals surface area (Å²) >= 11 is 3.11. The number of aromatic nitrogens is 2. The average Bonchev–Trinajstić information content (AvgIpc) is 2.73. The van der Waals surface area contributed by atoms with Crippen molar-refractivity contribution < 1.29 is 9.90 Å². The number of carboxylic acids is 1. The van der Waals surface area contributed by atoms with Crippen molar-refractivity contribution in [2.24, 2.45) is 5.73 Å². The minimum absolute atomic E-state index is 0.453. The van der Waals surface area contributed by atoms with E-state index in [0.717, 1.165) is 21.6 Å². The lowest BCUT2D eigenvalue weighted by Gasteiger charge is -2.18. The van der Waals surface area contributed by atoms with Crippen LogP contribution in [-0.2, 0) is 4.79 Å². The highest BCUT2D eigenvalue weighted by Crippen LogP contribution is 2.27. The van der Waals surface area contributed by atoms with E-state index in [1.807, 2.05) is 19.0 Å². The molecule has 8 heteroatoms. The van der Waals surface area contributed by atoms with E-state index in [1.165, 1.54) is 18.3 Å². The first-order chi connectivity index (χ1) is 8.33. The van der Waals surface area contributed by atoms with Gasteiger partial charge in [-0.25, -0.2) is 0 Å². The second-order valence-electron chi connectivity index (χ2n) is 4.42. The largest absolute Gasteiger partial charge is 0.480 e. The zero-order valence-electron chi connectivity index (χ0n) is 10.7. The van der Waals surface area contributed by atoms with Crippen LogP contribution in [0.3, 0.4) is 0 Å². The van der Waals surface area contributed by atoms with Gasteiger partial charge in [0.05, 0.1) is 0 Å². The molecule has 0 aliphatic rings. The molecule has 3 N–H and O–H groups in total. The van der Waals surface area contributed by atoms with Gasteiger partial charge in [-0.05, 0) is 19.8 Å². The van der Waals surface area contributed by atoms with Crippen LogP contribution in [0.25, 0.3) is 0 Å². The number of hydrogen-bond acceptors (Lipinski definition) is 7. The number of hydrogen-bond donors (Lipinski definition) is 2. The molecule has 0 aromatic carbocycles. The van der Waals surface area contributed by atoms with Crippen molar-refractivity contribution in [2.45, 2.75) is 29.6 Å². The van der Waals surface area contributed by atoms with Crippen molar-refractivity contribution in [3.8, 4) is 0 Å². The molecule has 102 valence electrons. The van der Waals surface area contributed by atoms with Gasteiger partial charge in [0.15, 0.2) is 4.34 Å². The first-order valence-corrected chi connectivity index (χ1v) is 7.29. The maximum atomic E-state index is 10.8. The monoisotopic (exact) mass is 290 g/mol. The second-order valence-corrected chi connectivity index (χ2v) is 6.72. The van der Waals surface area contributed by atoms with Crippen molar-refractivity contribution >= 4 is 34.2 Å². The topological polar surface area (TPSA) is 92.3 Å². The Morgan fingerprint density at radius 3 is 2.72 bits per heavy atom. The molecule has 0 saturated carbocycles. The molecule has 1 heterocycles. The Hall–Kier alpha value is -0.860. The normalized spacial score (nSPS) is 14.2. The molecule has 1 atom stereocenters. The Kier molecular flexibility index (Phi) is 5.36. The van der Waals surface area contributed by atoms with E-state index in [2.05, 4.69) is 10.2 Å². The standard InChI is InChI=1S/C10H18N4O2S2/c1-10(11,7(15)16)5-4-6-17-9-13-12-8(18-9)14(2)3/h4-6,11H2,1-3H3,(H,15,16). The van der Waals surface area contributed by atoms with Gasteiger partial charge in [0.2, 0.25) is 5.13 Å². The van der Waals surface area contributed by atoms with Crippen molar-refractivity contribution in [1.82, 2.24) is 10.2 Å². The molecule has 0 bridgehead atoms. The lowest BCUT2D eigenvalue weighted by atomic mass is 9.98. The molecule has 0 aliphatic carbocycles. The van der Waals surface area contributed by atoms with E-state index in [0.29, 0.717) is 6.42 Å². The highest BCUT2D eigenvalue weighted by molar-refractivity contribution is 8.01. The van der Waals surface area contributed by atoms with Gasteiger partial charge in [0.25, 0.3) is 0 Å². The second kappa shape index (κ2) is 6.35. The maximum Gasteiger partial charge on any atom is 0.323 e. The number of nitrogens with two attached hydrogens (primary N) is 1. The number of nitrogens with zero attached hydrogens (tertiary/aromatic N) is 3. The Morgan fingerprint density at radius 1 is 1.56 bits per heavy atom. The molecule has 0 fully saturated rings. The summed E-state index contributed by atoms with van der Waals surface area (Å²) in [6.07, 6.45) is 1.19. The van der Waals surface area contributed by atoms with Crippen LogP contribution in [0.4, 0.5) is 5.13 Å². The lowest BCUT2D eigenvalue weighted by Crippen LogP contribution is -2.44. The Labute approximate surface area is 115 Å². The fourth-order valence-corrected chi connectivity index (χ4v) is 2.92. The van der Waals surface area contributed by atoms with Crippen LogP contribution in [0.1, 0.15) is 19.8 Å².